The summed E-state index contributed by atoms with van der Waals surface area (Å²) in [6.07, 6.45) is 1.86. The molecule has 10 aromatic rings. The fourth-order valence-electron chi connectivity index (χ4n) is 8.74. The van der Waals surface area contributed by atoms with Gasteiger partial charge in [0.15, 0.2) is 0 Å². The van der Waals surface area contributed by atoms with Gasteiger partial charge in [0.05, 0.1) is 22.3 Å². The van der Waals surface area contributed by atoms with Crippen molar-refractivity contribution in [3.63, 3.8) is 0 Å². The smallest absolute Gasteiger partial charge is 0.148 e. The van der Waals surface area contributed by atoms with Crippen LogP contribution < -0.4 is 0 Å². The summed E-state index contributed by atoms with van der Waals surface area (Å²) in [5, 5.41) is 12.3. The van der Waals surface area contributed by atoms with Crippen LogP contribution in [-0.2, 0) is 26.5 Å². The van der Waals surface area contributed by atoms with E-state index in [9.17, 15) is 5.11 Å². The molecule has 0 saturated carbocycles. The van der Waals surface area contributed by atoms with Crippen LogP contribution in [0.15, 0.2) is 194 Å². The van der Waals surface area contributed by atoms with Crippen LogP contribution in [0.25, 0.3) is 95.0 Å². The molecule has 8 aromatic carbocycles. The zero-order chi connectivity index (χ0) is 46.5. The predicted molar refractivity (Wildman–Crippen MR) is 266 cm³/mol. The van der Waals surface area contributed by atoms with E-state index < -0.39 is 6.85 Å². The fraction of sp³-hybridized carbons (Fsp3) is 0.100. The Hall–Kier alpha value is -7.13. The largest absolute Gasteiger partial charge is 0.507 e. The SMILES string of the molecule is [2H]C([2H])([2H])c1ccc(-n2c(-c3cc(C)cc(C(C)(C)C)c3O)nc3c(-c4[c-]c(-c5cc(-c6ccc(-c7ccccc7)cc6)ccn5)cc(-c5ccccc5)c4)cccc32)c(-c2ccccc2)c1.[Pt]. The van der Waals surface area contributed by atoms with Crippen molar-refractivity contribution in [1.82, 2.24) is 14.5 Å². The van der Waals surface area contributed by atoms with Crippen LogP contribution >= 0.6 is 0 Å². The van der Waals surface area contributed by atoms with Crippen molar-refractivity contribution in [2.24, 2.45) is 0 Å². The molecule has 5 heteroatoms. The minimum absolute atomic E-state index is 0. The molecule has 0 unspecified atom stereocenters. The van der Waals surface area contributed by atoms with E-state index >= 15 is 0 Å². The summed E-state index contributed by atoms with van der Waals surface area (Å²) in [4.78, 5) is 10.4. The molecule has 0 fully saturated rings. The molecule has 0 saturated heterocycles. The van der Waals surface area contributed by atoms with Crippen LogP contribution in [0.4, 0.5) is 0 Å². The minimum atomic E-state index is -2.33. The third kappa shape index (κ3) is 8.51. The number of phenolic OH excluding ortho intramolecular Hbond substituents is 1. The number of aryl methyl sites for hydroxylation is 2. The fourth-order valence-corrected chi connectivity index (χ4v) is 8.74. The molecule has 0 aliphatic heterocycles. The zero-order valence-corrected chi connectivity index (χ0v) is 38.9. The predicted octanol–water partition coefficient (Wildman–Crippen LogP) is 15.5. The number of pyridine rings is 1. The van der Waals surface area contributed by atoms with Gasteiger partial charge >= 0.3 is 0 Å². The first-order chi connectivity index (χ1) is 32.3. The summed E-state index contributed by atoms with van der Waals surface area (Å²) < 4.78 is 27.2. The summed E-state index contributed by atoms with van der Waals surface area (Å²) in [6.45, 7) is 5.97. The van der Waals surface area contributed by atoms with E-state index in [1.165, 1.54) is 5.56 Å². The molecular weight excluding hydrogens is 974 g/mol. The molecule has 0 spiro atoms. The quantitative estimate of drug-likeness (QED) is 0.154. The average molecular weight is 1030 g/mol. The van der Waals surface area contributed by atoms with Gasteiger partial charge in [-0.15, -0.1) is 23.8 Å². The third-order valence-electron chi connectivity index (χ3n) is 11.9. The number of hydrogen-bond donors (Lipinski definition) is 1. The molecule has 0 bridgehead atoms. The maximum atomic E-state index is 12.3. The Morgan fingerprint density at radius 3 is 1.80 bits per heavy atom. The first-order valence-electron chi connectivity index (χ1n) is 23.1. The van der Waals surface area contributed by atoms with E-state index in [-0.39, 0.29) is 37.8 Å². The van der Waals surface area contributed by atoms with Gasteiger partial charge in [-0.3, -0.25) is 9.55 Å². The standard InChI is InChI=1S/C60H48N3O.Pt/c1-39-24-29-55(51(32-39)45-20-13-8-14-21-45)63-56-23-15-22-50(57(56)62-59(63)52-33-40(2)34-53(58(52)64)60(3,4)5)48-35-47(42-18-11-7-12-19-42)36-49(37-48)54-38-46(30-31-61-54)44-27-25-43(26-28-44)41-16-9-6-10-17-41;/h6-36,38,64H,1-5H3;/q-1;/i1D3;. The van der Waals surface area contributed by atoms with Gasteiger partial charge in [-0.2, -0.15) is 0 Å². The van der Waals surface area contributed by atoms with E-state index in [0.717, 1.165) is 83.7 Å². The first-order valence-corrected chi connectivity index (χ1v) is 21.6. The van der Waals surface area contributed by atoms with Crippen LogP contribution in [0.1, 0.15) is 41.6 Å². The summed E-state index contributed by atoms with van der Waals surface area (Å²) in [5.41, 5.74) is 15.8. The Labute approximate surface area is 400 Å². The molecule has 320 valence electrons. The van der Waals surface area contributed by atoms with Gasteiger partial charge in [0, 0.05) is 48.2 Å². The van der Waals surface area contributed by atoms with Crippen LogP contribution in [0.3, 0.4) is 0 Å². The van der Waals surface area contributed by atoms with Crippen LogP contribution in [-0.4, -0.2) is 19.6 Å². The van der Waals surface area contributed by atoms with Gasteiger partial charge in [0.2, 0.25) is 0 Å². The molecule has 0 atom stereocenters. The number of para-hydroxylation sites is 1. The van der Waals surface area contributed by atoms with Crippen LogP contribution in [0.5, 0.6) is 5.75 Å². The number of imidazole rings is 1. The number of fused-ring (bicyclic) bond motifs is 1. The van der Waals surface area contributed by atoms with Crippen molar-refractivity contribution in [3.05, 3.63) is 217 Å². The van der Waals surface area contributed by atoms with Gasteiger partial charge in [-0.1, -0.05) is 189 Å². The molecule has 10 rings (SSSR count). The molecule has 0 aliphatic carbocycles. The molecule has 2 aromatic heterocycles. The summed E-state index contributed by atoms with van der Waals surface area (Å²) in [5.74, 6) is 0.678. The molecule has 0 radical (unpaired) electrons. The molecular formula is C60H48N3OPt-. The zero-order valence-electron chi connectivity index (χ0n) is 39.6. The Kier molecular flexibility index (Phi) is 10.8. The summed E-state index contributed by atoms with van der Waals surface area (Å²) >= 11 is 0. The van der Waals surface area contributed by atoms with Gasteiger partial charge < -0.3 is 5.11 Å². The number of rotatable bonds is 8. The van der Waals surface area contributed by atoms with Crippen molar-refractivity contribution < 1.29 is 30.3 Å². The third-order valence-corrected chi connectivity index (χ3v) is 11.9. The topological polar surface area (TPSA) is 50.9 Å². The van der Waals surface area contributed by atoms with Gasteiger partial charge in [-0.05, 0) is 88.5 Å². The summed E-state index contributed by atoms with van der Waals surface area (Å²) in [7, 11) is 0. The first kappa shape index (κ1) is 39.5. The molecule has 0 amide bonds. The number of aromatic nitrogens is 3. The molecule has 1 N–H and O–H groups in total. The average Bonchev–Trinajstić information content (AvgIpc) is 3.74. The molecule has 2 heterocycles. The van der Waals surface area contributed by atoms with Crippen molar-refractivity contribution in [2.75, 3.05) is 0 Å². The second-order valence-electron chi connectivity index (χ2n) is 17.4. The maximum absolute atomic E-state index is 12.3. The Balaban J connectivity index is 0.00000578. The molecule has 0 aliphatic rings. The summed E-state index contributed by atoms with van der Waals surface area (Å²) in [6, 6.07) is 66.8. The number of phenols is 1. The van der Waals surface area contributed by atoms with E-state index in [4.69, 9.17) is 14.1 Å². The van der Waals surface area contributed by atoms with E-state index in [1.54, 1.807) is 12.1 Å². The number of benzene rings is 8. The Morgan fingerprint density at radius 2 is 1.14 bits per heavy atom. The van der Waals surface area contributed by atoms with Gasteiger partial charge in [0.1, 0.15) is 11.6 Å². The van der Waals surface area contributed by atoms with Crippen LogP contribution in [0, 0.1) is 19.8 Å². The number of hydrogen-bond acceptors (Lipinski definition) is 3. The van der Waals surface area contributed by atoms with Crippen LogP contribution in [0.2, 0.25) is 0 Å². The van der Waals surface area contributed by atoms with Crippen molar-refractivity contribution in [2.45, 2.75) is 40.0 Å². The molecule has 65 heavy (non-hydrogen) atoms. The second-order valence-corrected chi connectivity index (χ2v) is 17.4. The number of aromatic hydroxyl groups is 1. The van der Waals surface area contributed by atoms with Crippen molar-refractivity contribution in [1.29, 1.82) is 0 Å². The maximum Gasteiger partial charge on any atom is 0.148 e. The van der Waals surface area contributed by atoms with E-state index in [1.807, 2.05) is 104 Å². The van der Waals surface area contributed by atoms with Crippen molar-refractivity contribution >= 4 is 11.0 Å². The Bertz CT molecular complexity index is 3430. The minimum Gasteiger partial charge on any atom is -0.507 e. The van der Waals surface area contributed by atoms with Gasteiger partial charge in [-0.25, -0.2) is 4.98 Å². The Morgan fingerprint density at radius 1 is 0.538 bits per heavy atom. The van der Waals surface area contributed by atoms with Crippen molar-refractivity contribution in [3.8, 4) is 89.7 Å². The number of nitrogens with zero attached hydrogens (tertiary/aromatic N) is 3. The van der Waals surface area contributed by atoms with Gasteiger partial charge in [0.25, 0.3) is 0 Å². The van der Waals surface area contributed by atoms with E-state index in [2.05, 4.69) is 116 Å². The second kappa shape index (κ2) is 17.8. The molecule has 4 nitrogen and oxygen atoms in total. The monoisotopic (exact) mass is 1020 g/mol. The normalized spacial score (nSPS) is 12.3. The van der Waals surface area contributed by atoms with E-state index in [0.29, 0.717) is 16.9 Å².